The number of ketones is 1. The van der Waals surface area contributed by atoms with Crippen LogP contribution in [0.25, 0.3) is 0 Å². The van der Waals surface area contributed by atoms with Crippen LogP contribution in [0.4, 0.5) is 0 Å². The molecule has 0 aromatic heterocycles. The van der Waals surface area contributed by atoms with Gasteiger partial charge in [-0.3, -0.25) is 4.79 Å². The van der Waals surface area contributed by atoms with E-state index in [1.807, 2.05) is 12.1 Å². The van der Waals surface area contributed by atoms with Gasteiger partial charge in [0.2, 0.25) is 0 Å². The van der Waals surface area contributed by atoms with Crippen LogP contribution in [0.5, 0.6) is 5.75 Å². The van der Waals surface area contributed by atoms with Crippen LogP contribution in [-0.2, 0) is 6.42 Å². The minimum absolute atomic E-state index is 0.280. The Kier molecular flexibility index (Phi) is 3.11. The lowest BCUT2D eigenvalue weighted by Crippen LogP contribution is -2.24. The number of aryl methyl sites for hydroxylation is 1. The largest absolute Gasteiger partial charge is 0.490 e. The van der Waals surface area contributed by atoms with Crippen LogP contribution in [0, 0.1) is 5.92 Å². The molecule has 2 aliphatic rings. The molecule has 0 saturated heterocycles. The quantitative estimate of drug-likeness (QED) is 0.791. The summed E-state index contributed by atoms with van der Waals surface area (Å²) in [6.45, 7) is 2.30. The first-order chi connectivity index (χ1) is 8.72. The molecular weight excluding hydrogens is 224 g/mol. The summed E-state index contributed by atoms with van der Waals surface area (Å²) < 4.78 is 6.07. The highest BCUT2D eigenvalue weighted by Crippen LogP contribution is 2.30. The molecule has 0 aliphatic heterocycles. The minimum Gasteiger partial charge on any atom is -0.490 e. The third-order valence-corrected chi connectivity index (χ3v) is 4.19. The summed E-state index contributed by atoms with van der Waals surface area (Å²) in [5.74, 6) is 2.00. The second-order valence-electron chi connectivity index (χ2n) is 5.75. The van der Waals surface area contributed by atoms with E-state index in [1.54, 1.807) is 0 Å². The molecule has 0 heterocycles. The molecule has 0 N–H and O–H groups in total. The van der Waals surface area contributed by atoms with Crippen molar-refractivity contribution in [2.75, 3.05) is 0 Å². The van der Waals surface area contributed by atoms with Gasteiger partial charge in [-0.05, 0) is 55.4 Å². The number of fused-ring (bicyclic) bond motifs is 1. The van der Waals surface area contributed by atoms with E-state index >= 15 is 0 Å². The topological polar surface area (TPSA) is 26.3 Å². The number of hydrogen-bond donors (Lipinski definition) is 0. The number of hydrogen-bond acceptors (Lipinski definition) is 2. The number of rotatable bonds is 2. The molecule has 2 heteroatoms. The Morgan fingerprint density at radius 2 is 2.11 bits per heavy atom. The summed E-state index contributed by atoms with van der Waals surface area (Å²) in [5, 5.41) is 0. The molecular formula is C16H20O2. The molecule has 18 heavy (non-hydrogen) atoms. The van der Waals surface area contributed by atoms with Gasteiger partial charge in [-0.1, -0.05) is 13.3 Å². The predicted molar refractivity (Wildman–Crippen MR) is 71.1 cm³/mol. The SMILES string of the molecule is CC1CCCC(Oc2ccc3c(c2)CCC3=O)C1. The second-order valence-corrected chi connectivity index (χ2v) is 5.75. The second kappa shape index (κ2) is 4.75. The molecule has 0 bridgehead atoms. The van der Waals surface area contributed by atoms with Crippen LogP contribution in [0.3, 0.4) is 0 Å². The highest BCUT2D eigenvalue weighted by molar-refractivity contribution is 6.00. The Morgan fingerprint density at radius 3 is 2.94 bits per heavy atom. The summed E-state index contributed by atoms with van der Waals surface area (Å²) in [6.07, 6.45) is 6.85. The Bertz CT molecular complexity index is 464. The van der Waals surface area contributed by atoms with Gasteiger partial charge in [-0.15, -0.1) is 0 Å². The standard InChI is InChI=1S/C16H20O2/c1-11-3-2-4-13(9-11)18-14-6-7-15-12(10-14)5-8-16(15)17/h6-7,10-11,13H,2-5,8-9H2,1H3. The van der Waals surface area contributed by atoms with Crippen molar-refractivity contribution in [1.82, 2.24) is 0 Å². The highest BCUT2D eigenvalue weighted by atomic mass is 16.5. The normalized spacial score (nSPS) is 27.1. The van der Waals surface area contributed by atoms with E-state index in [-0.39, 0.29) is 5.78 Å². The van der Waals surface area contributed by atoms with E-state index in [0.717, 1.165) is 30.1 Å². The van der Waals surface area contributed by atoms with Crippen molar-refractivity contribution < 1.29 is 9.53 Å². The van der Waals surface area contributed by atoms with Gasteiger partial charge in [0.05, 0.1) is 6.10 Å². The lowest BCUT2D eigenvalue weighted by atomic mass is 9.89. The summed E-state index contributed by atoms with van der Waals surface area (Å²) >= 11 is 0. The number of carbonyl (C=O) groups excluding carboxylic acids is 1. The number of benzene rings is 1. The van der Waals surface area contributed by atoms with Crippen molar-refractivity contribution in [3.05, 3.63) is 29.3 Å². The van der Waals surface area contributed by atoms with Crippen LogP contribution in [0.15, 0.2) is 18.2 Å². The molecule has 2 unspecified atom stereocenters. The summed E-state index contributed by atoms with van der Waals surface area (Å²) in [5.41, 5.74) is 2.07. The maximum Gasteiger partial charge on any atom is 0.163 e. The smallest absolute Gasteiger partial charge is 0.163 e. The van der Waals surface area contributed by atoms with Crippen LogP contribution in [-0.4, -0.2) is 11.9 Å². The zero-order chi connectivity index (χ0) is 12.5. The summed E-state index contributed by atoms with van der Waals surface area (Å²) in [4.78, 5) is 11.6. The maximum atomic E-state index is 11.6. The van der Waals surface area contributed by atoms with E-state index in [0.29, 0.717) is 12.5 Å². The first-order valence-electron chi connectivity index (χ1n) is 7.05. The lowest BCUT2D eigenvalue weighted by molar-refractivity contribution is 0.0994. The van der Waals surface area contributed by atoms with Crippen molar-refractivity contribution in [3.8, 4) is 5.75 Å². The van der Waals surface area contributed by atoms with Crippen molar-refractivity contribution >= 4 is 5.78 Å². The van der Waals surface area contributed by atoms with Gasteiger partial charge in [-0.2, -0.15) is 0 Å². The van der Waals surface area contributed by atoms with E-state index in [4.69, 9.17) is 4.74 Å². The molecule has 1 saturated carbocycles. The molecule has 0 spiro atoms. The van der Waals surface area contributed by atoms with Crippen molar-refractivity contribution in [2.24, 2.45) is 5.92 Å². The monoisotopic (exact) mass is 244 g/mol. The average molecular weight is 244 g/mol. The van der Waals surface area contributed by atoms with Crippen molar-refractivity contribution in [3.63, 3.8) is 0 Å². The molecule has 2 atom stereocenters. The van der Waals surface area contributed by atoms with E-state index in [9.17, 15) is 4.79 Å². The average Bonchev–Trinajstić information content (AvgIpc) is 2.71. The Morgan fingerprint density at radius 1 is 1.22 bits per heavy atom. The van der Waals surface area contributed by atoms with Crippen molar-refractivity contribution in [2.45, 2.75) is 51.6 Å². The van der Waals surface area contributed by atoms with E-state index in [2.05, 4.69) is 13.0 Å². The first kappa shape index (κ1) is 11.8. The van der Waals surface area contributed by atoms with Crippen LogP contribution in [0.2, 0.25) is 0 Å². The summed E-state index contributed by atoms with van der Waals surface area (Å²) in [6, 6.07) is 5.97. The molecule has 3 rings (SSSR count). The zero-order valence-corrected chi connectivity index (χ0v) is 10.9. The van der Waals surface area contributed by atoms with E-state index < -0.39 is 0 Å². The third-order valence-electron chi connectivity index (χ3n) is 4.19. The van der Waals surface area contributed by atoms with Gasteiger partial charge in [0.25, 0.3) is 0 Å². The molecule has 2 aliphatic carbocycles. The lowest BCUT2D eigenvalue weighted by Gasteiger charge is -2.27. The molecule has 96 valence electrons. The minimum atomic E-state index is 0.280. The molecule has 1 fully saturated rings. The highest BCUT2D eigenvalue weighted by Gasteiger charge is 2.22. The number of carbonyl (C=O) groups is 1. The number of Topliss-reactive ketones (excluding diaryl/α,β-unsaturated/α-hetero) is 1. The van der Waals surface area contributed by atoms with Crippen LogP contribution >= 0.6 is 0 Å². The number of ether oxygens (including phenoxy) is 1. The zero-order valence-electron chi connectivity index (χ0n) is 10.9. The van der Waals surface area contributed by atoms with Gasteiger partial charge < -0.3 is 4.74 Å². The molecule has 1 aromatic rings. The summed E-state index contributed by atoms with van der Waals surface area (Å²) in [7, 11) is 0. The van der Waals surface area contributed by atoms with Crippen molar-refractivity contribution in [1.29, 1.82) is 0 Å². The Labute approximate surface area is 108 Å². The van der Waals surface area contributed by atoms with E-state index in [1.165, 1.54) is 24.8 Å². The van der Waals surface area contributed by atoms with Gasteiger partial charge >= 0.3 is 0 Å². The van der Waals surface area contributed by atoms with Gasteiger partial charge in [-0.25, -0.2) is 0 Å². The fourth-order valence-electron chi connectivity index (χ4n) is 3.18. The van der Waals surface area contributed by atoms with Crippen LogP contribution in [0.1, 0.15) is 54.9 Å². The Hall–Kier alpha value is -1.31. The maximum absolute atomic E-state index is 11.6. The molecule has 0 radical (unpaired) electrons. The predicted octanol–water partition coefficient (Wildman–Crippen LogP) is 3.77. The fraction of sp³-hybridized carbons (Fsp3) is 0.562. The third kappa shape index (κ3) is 2.29. The van der Waals surface area contributed by atoms with Gasteiger partial charge in [0.15, 0.2) is 5.78 Å². The van der Waals surface area contributed by atoms with Gasteiger partial charge in [0, 0.05) is 12.0 Å². The molecule has 1 aromatic carbocycles. The molecule has 2 nitrogen and oxygen atoms in total. The fourth-order valence-corrected chi connectivity index (χ4v) is 3.18. The van der Waals surface area contributed by atoms with Crippen LogP contribution < -0.4 is 4.74 Å². The van der Waals surface area contributed by atoms with Gasteiger partial charge in [0.1, 0.15) is 5.75 Å². The Balaban J connectivity index is 1.72. The molecule has 0 amide bonds. The first-order valence-corrected chi connectivity index (χ1v) is 7.05.